The van der Waals surface area contributed by atoms with E-state index in [1.807, 2.05) is 6.07 Å². The van der Waals surface area contributed by atoms with E-state index in [0.29, 0.717) is 17.0 Å². The molecule has 0 aliphatic heterocycles. The average Bonchev–Trinajstić information content (AvgIpc) is 2.14. The molecule has 0 aliphatic rings. The highest BCUT2D eigenvalue weighted by Gasteiger charge is 2.03. The number of benzene rings is 1. The molecule has 0 radical (unpaired) electrons. The minimum Gasteiger partial charge on any atom is -0.506 e. The van der Waals surface area contributed by atoms with Gasteiger partial charge < -0.3 is 5.11 Å². The summed E-state index contributed by atoms with van der Waals surface area (Å²) in [7, 11) is 0. The molecular formula is C10H7Cl2NO. The summed E-state index contributed by atoms with van der Waals surface area (Å²) >= 11 is 11.5. The van der Waals surface area contributed by atoms with E-state index < -0.39 is 0 Å². The number of nitrogens with zero attached hydrogens (tertiary/aromatic N) is 1. The Morgan fingerprint density at radius 1 is 1.36 bits per heavy atom. The Morgan fingerprint density at radius 3 is 2.71 bits per heavy atom. The third kappa shape index (κ3) is 2.66. The van der Waals surface area contributed by atoms with Crippen LogP contribution in [0.15, 0.2) is 18.2 Å². The summed E-state index contributed by atoms with van der Waals surface area (Å²) in [5, 5.41) is 18.2. The molecule has 0 spiro atoms. The van der Waals surface area contributed by atoms with Crippen molar-refractivity contribution in [2.24, 2.45) is 0 Å². The first-order chi connectivity index (χ1) is 6.65. The van der Waals surface area contributed by atoms with Gasteiger partial charge in [0.05, 0.1) is 22.5 Å². The Kier molecular flexibility index (Phi) is 3.82. The van der Waals surface area contributed by atoms with Crippen LogP contribution in [0.4, 0.5) is 0 Å². The second-order valence-electron chi connectivity index (χ2n) is 2.59. The number of rotatable bonds is 2. The third-order valence-electron chi connectivity index (χ3n) is 1.57. The lowest BCUT2D eigenvalue weighted by Crippen LogP contribution is -1.77. The maximum Gasteiger partial charge on any atom is 0.135 e. The summed E-state index contributed by atoms with van der Waals surface area (Å²) in [6, 6.07) is 4.89. The van der Waals surface area contributed by atoms with Gasteiger partial charge in [0.15, 0.2) is 0 Å². The van der Waals surface area contributed by atoms with Crippen LogP contribution in [0.2, 0.25) is 10.0 Å². The molecule has 14 heavy (non-hydrogen) atoms. The predicted molar refractivity (Wildman–Crippen MR) is 57.4 cm³/mol. The van der Waals surface area contributed by atoms with Crippen molar-refractivity contribution in [2.45, 2.75) is 6.42 Å². The van der Waals surface area contributed by atoms with Crippen LogP contribution in [0.3, 0.4) is 0 Å². The van der Waals surface area contributed by atoms with Crippen molar-refractivity contribution in [2.75, 3.05) is 0 Å². The van der Waals surface area contributed by atoms with E-state index >= 15 is 0 Å². The first-order valence-corrected chi connectivity index (χ1v) is 4.62. The second kappa shape index (κ2) is 4.90. The van der Waals surface area contributed by atoms with Gasteiger partial charge in [-0.2, -0.15) is 5.26 Å². The fourth-order valence-electron chi connectivity index (χ4n) is 0.918. The number of nitriles is 1. The second-order valence-corrected chi connectivity index (χ2v) is 3.40. The molecule has 0 bridgehead atoms. The van der Waals surface area contributed by atoms with Crippen LogP contribution in [-0.4, -0.2) is 5.11 Å². The molecule has 1 rings (SSSR count). The van der Waals surface area contributed by atoms with Crippen LogP contribution in [0.1, 0.15) is 12.0 Å². The molecule has 0 heterocycles. The Hall–Kier alpha value is -1.17. The molecule has 0 aromatic heterocycles. The molecule has 0 fully saturated rings. The minimum absolute atomic E-state index is 0.0471. The lowest BCUT2D eigenvalue weighted by atomic mass is 10.2. The van der Waals surface area contributed by atoms with Crippen molar-refractivity contribution in [1.29, 1.82) is 5.26 Å². The quantitative estimate of drug-likeness (QED) is 0.839. The van der Waals surface area contributed by atoms with Crippen LogP contribution in [0.25, 0.3) is 6.08 Å². The molecule has 0 unspecified atom stereocenters. The van der Waals surface area contributed by atoms with Gasteiger partial charge in [-0.15, -0.1) is 0 Å². The van der Waals surface area contributed by atoms with Gasteiger partial charge in [0.2, 0.25) is 0 Å². The topological polar surface area (TPSA) is 44.0 Å². The van der Waals surface area contributed by atoms with E-state index in [1.165, 1.54) is 6.07 Å². The van der Waals surface area contributed by atoms with Crippen molar-refractivity contribution in [3.05, 3.63) is 33.8 Å². The average molecular weight is 228 g/mol. The van der Waals surface area contributed by atoms with Crippen molar-refractivity contribution >= 4 is 29.3 Å². The van der Waals surface area contributed by atoms with Crippen LogP contribution in [-0.2, 0) is 0 Å². The number of halogens is 2. The van der Waals surface area contributed by atoms with Gasteiger partial charge in [0, 0.05) is 6.07 Å². The van der Waals surface area contributed by atoms with E-state index in [2.05, 4.69) is 0 Å². The minimum atomic E-state index is -0.0471. The number of phenols is 1. The molecule has 0 aliphatic carbocycles. The molecule has 1 aromatic rings. The standard InChI is InChI=1S/C10H7Cl2NO/c11-8-6-10(14)9(12)5-7(8)3-1-2-4-13/h1,3,5-6,14H,2H2. The lowest BCUT2D eigenvalue weighted by molar-refractivity contribution is 0.475. The highest BCUT2D eigenvalue weighted by molar-refractivity contribution is 6.35. The largest absolute Gasteiger partial charge is 0.506 e. The SMILES string of the molecule is N#CCC=Cc1cc(Cl)c(O)cc1Cl. The number of phenolic OH excluding ortho intramolecular Hbond substituents is 1. The Labute approximate surface area is 92.0 Å². The van der Waals surface area contributed by atoms with E-state index in [9.17, 15) is 5.11 Å². The molecule has 0 saturated carbocycles. The number of aromatic hydroxyl groups is 1. The van der Waals surface area contributed by atoms with Gasteiger partial charge in [0.1, 0.15) is 5.75 Å². The smallest absolute Gasteiger partial charge is 0.135 e. The Morgan fingerprint density at radius 2 is 2.07 bits per heavy atom. The van der Waals surface area contributed by atoms with E-state index in [0.717, 1.165) is 0 Å². The van der Waals surface area contributed by atoms with Crippen LogP contribution >= 0.6 is 23.2 Å². The lowest BCUT2D eigenvalue weighted by Gasteiger charge is -2.01. The predicted octanol–water partition coefficient (Wildman–Crippen LogP) is 3.63. The molecule has 0 saturated heterocycles. The van der Waals surface area contributed by atoms with Crippen molar-refractivity contribution in [3.8, 4) is 11.8 Å². The maximum absolute atomic E-state index is 9.20. The fraction of sp³-hybridized carbons (Fsp3) is 0.100. The molecule has 0 atom stereocenters. The zero-order valence-electron chi connectivity index (χ0n) is 7.17. The van der Waals surface area contributed by atoms with Crippen molar-refractivity contribution in [3.63, 3.8) is 0 Å². The normalized spacial score (nSPS) is 10.4. The molecule has 1 aromatic carbocycles. The zero-order valence-corrected chi connectivity index (χ0v) is 8.68. The zero-order chi connectivity index (χ0) is 10.6. The summed E-state index contributed by atoms with van der Waals surface area (Å²) in [4.78, 5) is 0. The first kappa shape index (κ1) is 10.9. The van der Waals surface area contributed by atoms with Crippen LogP contribution < -0.4 is 0 Å². The number of hydrogen-bond acceptors (Lipinski definition) is 2. The first-order valence-electron chi connectivity index (χ1n) is 3.86. The molecule has 0 amide bonds. The van der Waals surface area contributed by atoms with Crippen molar-refractivity contribution < 1.29 is 5.11 Å². The van der Waals surface area contributed by atoms with Gasteiger partial charge >= 0.3 is 0 Å². The molecule has 1 N–H and O–H groups in total. The Bertz CT molecular complexity index is 407. The van der Waals surface area contributed by atoms with E-state index in [-0.39, 0.29) is 10.8 Å². The van der Waals surface area contributed by atoms with Crippen LogP contribution in [0, 0.1) is 11.3 Å². The summed E-state index contributed by atoms with van der Waals surface area (Å²) in [6.45, 7) is 0. The molecular weight excluding hydrogens is 221 g/mol. The number of allylic oxidation sites excluding steroid dienone is 1. The molecule has 4 heteroatoms. The van der Waals surface area contributed by atoms with Gasteiger partial charge in [-0.3, -0.25) is 0 Å². The van der Waals surface area contributed by atoms with E-state index in [4.69, 9.17) is 28.5 Å². The fourth-order valence-corrected chi connectivity index (χ4v) is 1.31. The molecule has 72 valence electrons. The van der Waals surface area contributed by atoms with E-state index in [1.54, 1.807) is 18.2 Å². The van der Waals surface area contributed by atoms with Crippen molar-refractivity contribution in [1.82, 2.24) is 0 Å². The summed E-state index contributed by atoms with van der Waals surface area (Å²) < 4.78 is 0. The Balaban J connectivity index is 2.99. The number of hydrogen-bond donors (Lipinski definition) is 1. The highest BCUT2D eigenvalue weighted by Crippen LogP contribution is 2.30. The monoisotopic (exact) mass is 227 g/mol. The summed E-state index contributed by atoms with van der Waals surface area (Å²) in [5.41, 5.74) is 0.685. The van der Waals surface area contributed by atoms with Crippen LogP contribution in [0.5, 0.6) is 5.75 Å². The van der Waals surface area contributed by atoms with Gasteiger partial charge in [-0.1, -0.05) is 35.4 Å². The third-order valence-corrected chi connectivity index (χ3v) is 2.20. The van der Waals surface area contributed by atoms with Gasteiger partial charge in [-0.25, -0.2) is 0 Å². The summed E-state index contributed by atoms with van der Waals surface area (Å²) in [5.74, 6) is -0.0471. The maximum atomic E-state index is 9.20. The van der Waals surface area contributed by atoms with Gasteiger partial charge in [-0.05, 0) is 11.6 Å². The highest BCUT2D eigenvalue weighted by atomic mass is 35.5. The summed E-state index contributed by atoms with van der Waals surface area (Å²) in [6.07, 6.45) is 3.68. The molecule has 2 nitrogen and oxygen atoms in total. The van der Waals surface area contributed by atoms with Gasteiger partial charge in [0.25, 0.3) is 0 Å².